The van der Waals surface area contributed by atoms with Crippen LogP contribution in [0.5, 0.6) is 0 Å². The van der Waals surface area contributed by atoms with Gasteiger partial charge in [-0.2, -0.15) is 0 Å². The zero-order valence-corrected chi connectivity index (χ0v) is 10.3. The second kappa shape index (κ2) is 4.72. The summed E-state index contributed by atoms with van der Waals surface area (Å²) in [6, 6.07) is 13.9. The summed E-state index contributed by atoms with van der Waals surface area (Å²) in [4.78, 5) is 4.23. The smallest absolute Gasteiger partial charge is 0.101 e. The van der Waals surface area contributed by atoms with Gasteiger partial charge in [-0.25, -0.2) is 4.98 Å². The molecule has 2 N–H and O–H groups in total. The minimum absolute atomic E-state index is 0.0873. The van der Waals surface area contributed by atoms with Crippen LogP contribution in [0.25, 0.3) is 0 Å². The Kier molecular flexibility index (Phi) is 3.33. The average molecular weight is 310 g/mol. The van der Waals surface area contributed by atoms with Gasteiger partial charge in [-0.05, 0) is 39.8 Å². The van der Waals surface area contributed by atoms with Crippen molar-refractivity contribution in [3.8, 4) is 0 Å². The lowest BCUT2D eigenvalue weighted by molar-refractivity contribution is 0.861. The van der Waals surface area contributed by atoms with E-state index in [1.165, 1.54) is 0 Å². The molecule has 0 radical (unpaired) electrons. The van der Waals surface area contributed by atoms with Gasteiger partial charge in [-0.1, -0.05) is 36.4 Å². The Morgan fingerprint density at radius 3 is 2.33 bits per heavy atom. The quantitative estimate of drug-likeness (QED) is 0.684. The lowest BCUT2D eigenvalue weighted by atomic mass is 10.0. The SMILES string of the molecule is NC(c1ccccc1)c1ccc(I)nc1. The van der Waals surface area contributed by atoms with Crippen molar-refractivity contribution >= 4 is 22.6 Å². The number of hydrogen-bond donors (Lipinski definition) is 1. The van der Waals surface area contributed by atoms with Gasteiger partial charge in [0.25, 0.3) is 0 Å². The van der Waals surface area contributed by atoms with Crippen LogP contribution in [0.2, 0.25) is 0 Å². The number of nitrogens with zero attached hydrogens (tertiary/aromatic N) is 1. The van der Waals surface area contributed by atoms with E-state index in [1.807, 2.05) is 48.7 Å². The number of aromatic nitrogens is 1. The van der Waals surface area contributed by atoms with E-state index in [2.05, 4.69) is 27.6 Å². The number of nitrogens with two attached hydrogens (primary N) is 1. The minimum Gasteiger partial charge on any atom is -0.320 e. The van der Waals surface area contributed by atoms with E-state index in [0.717, 1.165) is 14.8 Å². The van der Waals surface area contributed by atoms with Crippen molar-refractivity contribution in [1.29, 1.82) is 0 Å². The molecule has 0 aliphatic heterocycles. The Labute approximate surface area is 103 Å². The molecule has 0 bridgehead atoms. The number of pyridine rings is 1. The lowest BCUT2D eigenvalue weighted by Gasteiger charge is -2.11. The standard InChI is InChI=1S/C12H11IN2/c13-11-7-6-10(8-15-11)12(14)9-4-2-1-3-5-9/h1-8,12H,14H2. The maximum absolute atomic E-state index is 6.12. The second-order valence-electron chi connectivity index (χ2n) is 3.30. The molecule has 76 valence electrons. The molecule has 1 unspecified atom stereocenters. The predicted octanol–water partition coefficient (Wildman–Crippen LogP) is 2.73. The van der Waals surface area contributed by atoms with Crippen LogP contribution in [0, 0.1) is 3.70 Å². The summed E-state index contributed by atoms with van der Waals surface area (Å²) in [6.07, 6.45) is 1.83. The molecule has 15 heavy (non-hydrogen) atoms. The zero-order chi connectivity index (χ0) is 10.7. The van der Waals surface area contributed by atoms with Crippen molar-refractivity contribution in [2.24, 2.45) is 5.73 Å². The van der Waals surface area contributed by atoms with Crippen LogP contribution in [0.15, 0.2) is 48.7 Å². The summed E-state index contributed by atoms with van der Waals surface area (Å²) < 4.78 is 0.983. The van der Waals surface area contributed by atoms with Crippen molar-refractivity contribution in [2.45, 2.75) is 6.04 Å². The van der Waals surface area contributed by atoms with Gasteiger partial charge in [-0.3, -0.25) is 0 Å². The van der Waals surface area contributed by atoms with Crippen LogP contribution in [0.3, 0.4) is 0 Å². The van der Waals surface area contributed by atoms with Crippen LogP contribution in [-0.4, -0.2) is 4.98 Å². The Bertz CT molecular complexity index is 425. The highest BCUT2D eigenvalue weighted by molar-refractivity contribution is 14.1. The third kappa shape index (κ3) is 2.54. The molecule has 2 aromatic rings. The van der Waals surface area contributed by atoms with Crippen molar-refractivity contribution in [3.63, 3.8) is 0 Å². The Morgan fingerprint density at radius 2 is 1.73 bits per heavy atom. The first kappa shape index (κ1) is 10.6. The van der Waals surface area contributed by atoms with Gasteiger partial charge in [0.2, 0.25) is 0 Å². The first-order valence-electron chi connectivity index (χ1n) is 4.69. The minimum atomic E-state index is -0.0873. The summed E-state index contributed by atoms with van der Waals surface area (Å²) in [5, 5.41) is 0. The monoisotopic (exact) mass is 310 g/mol. The Balaban J connectivity index is 2.29. The fourth-order valence-electron chi connectivity index (χ4n) is 1.42. The topological polar surface area (TPSA) is 38.9 Å². The van der Waals surface area contributed by atoms with E-state index >= 15 is 0 Å². The number of halogens is 1. The van der Waals surface area contributed by atoms with Gasteiger partial charge in [0, 0.05) is 6.20 Å². The molecular formula is C12H11IN2. The van der Waals surface area contributed by atoms with E-state index in [4.69, 9.17) is 5.73 Å². The molecule has 0 saturated carbocycles. The van der Waals surface area contributed by atoms with Crippen molar-refractivity contribution in [2.75, 3.05) is 0 Å². The summed E-state index contributed by atoms with van der Waals surface area (Å²) in [7, 11) is 0. The molecule has 0 amide bonds. The summed E-state index contributed by atoms with van der Waals surface area (Å²) in [5.74, 6) is 0. The van der Waals surface area contributed by atoms with E-state index in [1.54, 1.807) is 0 Å². The Hall–Kier alpha value is -0.940. The fraction of sp³-hybridized carbons (Fsp3) is 0.0833. The van der Waals surface area contributed by atoms with E-state index in [9.17, 15) is 0 Å². The van der Waals surface area contributed by atoms with Crippen LogP contribution in [0.1, 0.15) is 17.2 Å². The van der Waals surface area contributed by atoms with E-state index < -0.39 is 0 Å². The number of hydrogen-bond acceptors (Lipinski definition) is 2. The molecule has 0 saturated heterocycles. The third-order valence-electron chi connectivity index (χ3n) is 2.27. The first-order valence-corrected chi connectivity index (χ1v) is 5.77. The number of rotatable bonds is 2. The van der Waals surface area contributed by atoms with Crippen molar-refractivity contribution in [3.05, 3.63) is 63.5 Å². The summed E-state index contributed by atoms with van der Waals surface area (Å²) in [6.45, 7) is 0. The van der Waals surface area contributed by atoms with Gasteiger partial charge < -0.3 is 5.73 Å². The van der Waals surface area contributed by atoms with Gasteiger partial charge in [0.05, 0.1) is 6.04 Å². The molecule has 3 heteroatoms. The van der Waals surface area contributed by atoms with Gasteiger partial charge in [0.15, 0.2) is 0 Å². The number of benzene rings is 1. The summed E-state index contributed by atoms with van der Waals surface area (Å²) in [5.41, 5.74) is 8.28. The largest absolute Gasteiger partial charge is 0.320 e. The predicted molar refractivity (Wildman–Crippen MR) is 69.4 cm³/mol. The summed E-state index contributed by atoms with van der Waals surface area (Å²) >= 11 is 2.18. The molecule has 1 heterocycles. The van der Waals surface area contributed by atoms with Crippen molar-refractivity contribution in [1.82, 2.24) is 4.98 Å². The molecule has 0 aliphatic rings. The first-order chi connectivity index (χ1) is 7.27. The van der Waals surface area contributed by atoms with Crippen LogP contribution in [0.4, 0.5) is 0 Å². The highest BCUT2D eigenvalue weighted by Crippen LogP contribution is 2.18. The molecule has 1 atom stereocenters. The maximum Gasteiger partial charge on any atom is 0.101 e. The van der Waals surface area contributed by atoms with E-state index in [-0.39, 0.29) is 6.04 Å². The molecule has 0 aliphatic carbocycles. The van der Waals surface area contributed by atoms with Crippen LogP contribution >= 0.6 is 22.6 Å². The molecular weight excluding hydrogens is 299 g/mol. The zero-order valence-electron chi connectivity index (χ0n) is 8.10. The van der Waals surface area contributed by atoms with Crippen LogP contribution in [-0.2, 0) is 0 Å². The van der Waals surface area contributed by atoms with Crippen molar-refractivity contribution < 1.29 is 0 Å². The highest BCUT2D eigenvalue weighted by Gasteiger charge is 2.07. The maximum atomic E-state index is 6.12. The highest BCUT2D eigenvalue weighted by atomic mass is 127. The average Bonchev–Trinajstić information content (AvgIpc) is 2.30. The lowest BCUT2D eigenvalue weighted by Crippen LogP contribution is -2.11. The van der Waals surface area contributed by atoms with Gasteiger partial charge >= 0.3 is 0 Å². The molecule has 2 rings (SSSR count). The van der Waals surface area contributed by atoms with Gasteiger partial charge in [-0.15, -0.1) is 0 Å². The molecule has 0 spiro atoms. The second-order valence-corrected chi connectivity index (χ2v) is 4.41. The molecule has 1 aromatic carbocycles. The van der Waals surface area contributed by atoms with Gasteiger partial charge in [0.1, 0.15) is 3.70 Å². The molecule has 1 aromatic heterocycles. The Morgan fingerprint density at radius 1 is 1.00 bits per heavy atom. The molecule has 2 nitrogen and oxygen atoms in total. The molecule has 0 fully saturated rings. The third-order valence-corrected chi connectivity index (χ3v) is 2.91. The fourth-order valence-corrected chi connectivity index (χ4v) is 1.74. The van der Waals surface area contributed by atoms with E-state index in [0.29, 0.717) is 0 Å². The normalized spacial score (nSPS) is 12.4. The van der Waals surface area contributed by atoms with Crippen LogP contribution < -0.4 is 5.73 Å².